The number of hydrogen-bond acceptors (Lipinski definition) is 8. The molecule has 8 nitrogen and oxygen atoms in total. The molecular formula is C9H17NO7S. The highest BCUT2D eigenvalue weighted by atomic mass is 32.2. The van der Waals surface area contributed by atoms with Crippen LogP contribution in [0, 0.1) is 0 Å². The molecule has 0 radical (unpaired) electrons. The van der Waals surface area contributed by atoms with Gasteiger partial charge in [-0.2, -0.15) is 0 Å². The maximum Gasteiger partial charge on any atom is 0.321 e. The van der Waals surface area contributed by atoms with Gasteiger partial charge in [0.25, 0.3) is 0 Å². The van der Waals surface area contributed by atoms with Gasteiger partial charge in [0.15, 0.2) is 0 Å². The standard InChI is InChI=1S/C9H17NO7S/c11-1-4(12)5(13)6(14)7(15)8-10-3(2-18-8)9(16)17/h3-8,10-15H,1-2H2,(H,16,17). The van der Waals surface area contributed by atoms with Gasteiger partial charge in [0.05, 0.1) is 12.0 Å². The first-order chi connectivity index (χ1) is 8.38. The van der Waals surface area contributed by atoms with E-state index < -0.39 is 48.4 Å². The molecule has 0 saturated carbocycles. The molecule has 1 aliphatic rings. The van der Waals surface area contributed by atoms with Crippen LogP contribution in [0.4, 0.5) is 0 Å². The van der Waals surface area contributed by atoms with Crippen molar-refractivity contribution in [1.82, 2.24) is 5.32 Å². The number of carbonyl (C=O) groups is 1. The second kappa shape index (κ2) is 6.66. The Morgan fingerprint density at radius 1 is 1.28 bits per heavy atom. The summed E-state index contributed by atoms with van der Waals surface area (Å²) >= 11 is 1.09. The van der Waals surface area contributed by atoms with Gasteiger partial charge in [0.2, 0.25) is 0 Å². The second-order valence-electron chi connectivity index (χ2n) is 4.03. The van der Waals surface area contributed by atoms with Crippen molar-refractivity contribution in [3.05, 3.63) is 0 Å². The number of aliphatic carboxylic acids is 1. The van der Waals surface area contributed by atoms with Crippen molar-refractivity contribution in [2.24, 2.45) is 0 Å². The lowest BCUT2D eigenvalue weighted by molar-refractivity contribution is -0.139. The van der Waals surface area contributed by atoms with Crippen LogP contribution < -0.4 is 5.32 Å². The fourth-order valence-electron chi connectivity index (χ4n) is 1.55. The fourth-order valence-corrected chi connectivity index (χ4v) is 2.81. The molecule has 1 aliphatic heterocycles. The summed E-state index contributed by atoms with van der Waals surface area (Å²) in [4.78, 5) is 10.7. The van der Waals surface area contributed by atoms with Gasteiger partial charge < -0.3 is 30.6 Å². The van der Waals surface area contributed by atoms with Crippen LogP contribution in [0.3, 0.4) is 0 Å². The molecule has 1 fully saturated rings. The number of carboxylic acids is 1. The minimum atomic E-state index is -1.71. The summed E-state index contributed by atoms with van der Waals surface area (Å²) in [5.74, 6) is -0.842. The minimum Gasteiger partial charge on any atom is -0.480 e. The fraction of sp³-hybridized carbons (Fsp3) is 0.889. The second-order valence-corrected chi connectivity index (χ2v) is 5.21. The summed E-state index contributed by atoms with van der Waals surface area (Å²) in [6.07, 6.45) is -6.44. The van der Waals surface area contributed by atoms with Crippen molar-refractivity contribution >= 4 is 17.7 Å². The van der Waals surface area contributed by atoms with Crippen molar-refractivity contribution in [2.45, 2.75) is 35.8 Å². The van der Waals surface area contributed by atoms with Crippen molar-refractivity contribution in [3.63, 3.8) is 0 Å². The lowest BCUT2D eigenvalue weighted by Crippen LogP contribution is -2.52. The molecule has 0 aliphatic carbocycles. The molecule has 6 unspecified atom stereocenters. The first kappa shape index (κ1) is 15.6. The van der Waals surface area contributed by atoms with Gasteiger partial charge in [0.1, 0.15) is 30.5 Å². The Morgan fingerprint density at radius 2 is 1.89 bits per heavy atom. The topological polar surface area (TPSA) is 150 Å². The van der Waals surface area contributed by atoms with Crippen LogP contribution in [-0.2, 0) is 4.79 Å². The number of hydrogen-bond donors (Lipinski definition) is 7. The van der Waals surface area contributed by atoms with Crippen LogP contribution >= 0.6 is 11.8 Å². The van der Waals surface area contributed by atoms with Gasteiger partial charge in [-0.15, -0.1) is 11.8 Å². The minimum absolute atomic E-state index is 0.225. The number of aliphatic hydroxyl groups is 5. The summed E-state index contributed by atoms with van der Waals surface area (Å²) in [6.45, 7) is -0.756. The van der Waals surface area contributed by atoms with Crippen molar-refractivity contribution < 1.29 is 35.4 Å². The van der Waals surface area contributed by atoms with Gasteiger partial charge in [-0.05, 0) is 0 Å². The normalized spacial score (nSPS) is 30.7. The van der Waals surface area contributed by atoms with Gasteiger partial charge in [-0.25, -0.2) is 0 Å². The van der Waals surface area contributed by atoms with Crippen LogP contribution in [-0.4, -0.2) is 84.8 Å². The van der Waals surface area contributed by atoms with Gasteiger partial charge in [0, 0.05) is 5.75 Å². The number of aliphatic hydroxyl groups excluding tert-OH is 5. The summed E-state index contributed by atoms with van der Waals surface area (Å²) in [5.41, 5.74) is 0. The molecule has 1 saturated heterocycles. The molecule has 0 spiro atoms. The first-order valence-electron chi connectivity index (χ1n) is 5.32. The lowest BCUT2D eigenvalue weighted by atomic mass is 10.0. The van der Waals surface area contributed by atoms with Crippen LogP contribution in [0.15, 0.2) is 0 Å². The molecule has 1 rings (SSSR count). The molecule has 6 atom stereocenters. The van der Waals surface area contributed by atoms with Crippen LogP contribution in [0.5, 0.6) is 0 Å². The van der Waals surface area contributed by atoms with Crippen molar-refractivity contribution in [3.8, 4) is 0 Å². The van der Waals surface area contributed by atoms with Gasteiger partial charge in [-0.1, -0.05) is 0 Å². The molecule has 0 bridgehead atoms. The maximum absolute atomic E-state index is 10.7. The summed E-state index contributed by atoms with van der Waals surface area (Å²) in [6, 6.07) is -0.832. The molecule has 18 heavy (non-hydrogen) atoms. The third-order valence-electron chi connectivity index (χ3n) is 2.70. The third kappa shape index (κ3) is 3.54. The molecule has 9 heteroatoms. The van der Waals surface area contributed by atoms with E-state index in [9.17, 15) is 20.1 Å². The van der Waals surface area contributed by atoms with Crippen molar-refractivity contribution in [1.29, 1.82) is 0 Å². The van der Waals surface area contributed by atoms with E-state index in [1.807, 2.05) is 0 Å². The summed E-state index contributed by atoms with van der Waals surface area (Å²) in [5, 5.41) is 57.1. The van der Waals surface area contributed by atoms with E-state index in [1.165, 1.54) is 0 Å². The highest BCUT2D eigenvalue weighted by molar-refractivity contribution is 8.00. The molecular weight excluding hydrogens is 266 g/mol. The average molecular weight is 283 g/mol. The summed E-state index contributed by atoms with van der Waals surface area (Å²) in [7, 11) is 0. The number of carboxylic acid groups (broad SMARTS) is 1. The molecule has 7 N–H and O–H groups in total. The predicted octanol–water partition coefficient (Wildman–Crippen LogP) is -3.46. The van der Waals surface area contributed by atoms with E-state index in [2.05, 4.69) is 5.32 Å². The van der Waals surface area contributed by atoms with E-state index >= 15 is 0 Å². The maximum atomic E-state index is 10.7. The number of rotatable bonds is 6. The Morgan fingerprint density at radius 3 is 2.33 bits per heavy atom. The molecule has 0 aromatic rings. The lowest BCUT2D eigenvalue weighted by Gasteiger charge is -2.28. The average Bonchev–Trinajstić information content (AvgIpc) is 2.84. The number of nitrogens with one attached hydrogen (secondary N) is 1. The summed E-state index contributed by atoms with van der Waals surface area (Å²) < 4.78 is 0. The molecule has 1 heterocycles. The van der Waals surface area contributed by atoms with Crippen LogP contribution in [0.1, 0.15) is 0 Å². The quantitative estimate of drug-likeness (QED) is 0.264. The van der Waals surface area contributed by atoms with E-state index in [4.69, 9.17) is 15.3 Å². The Balaban J connectivity index is 2.54. The van der Waals surface area contributed by atoms with Crippen LogP contribution in [0.25, 0.3) is 0 Å². The molecule has 0 aromatic carbocycles. The SMILES string of the molecule is O=C(O)C1CSC(C(O)C(O)C(O)C(O)CO)N1. The first-order valence-corrected chi connectivity index (χ1v) is 6.37. The number of thioether (sulfide) groups is 1. The Hall–Kier alpha value is -0.420. The van der Waals surface area contributed by atoms with Gasteiger partial charge >= 0.3 is 5.97 Å². The Labute approximate surface area is 107 Å². The smallest absolute Gasteiger partial charge is 0.321 e. The zero-order valence-electron chi connectivity index (χ0n) is 9.38. The predicted molar refractivity (Wildman–Crippen MR) is 61.9 cm³/mol. The zero-order chi connectivity index (χ0) is 13.9. The Bertz CT molecular complexity index is 292. The van der Waals surface area contributed by atoms with E-state index in [0.717, 1.165) is 11.8 Å². The molecule has 106 valence electrons. The highest BCUT2D eigenvalue weighted by Gasteiger charge is 2.40. The monoisotopic (exact) mass is 283 g/mol. The molecule has 0 amide bonds. The van der Waals surface area contributed by atoms with E-state index in [1.54, 1.807) is 0 Å². The van der Waals surface area contributed by atoms with Gasteiger partial charge in [-0.3, -0.25) is 10.1 Å². The van der Waals surface area contributed by atoms with Crippen molar-refractivity contribution in [2.75, 3.05) is 12.4 Å². The zero-order valence-corrected chi connectivity index (χ0v) is 10.2. The van der Waals surface area contributed by atoms with Crippen LogP contribution in [0.2, 0.25) is 0 Å². The molecule has 0 aromatic heterocycles. The Kier molecular flexibility index (Phi) is 5.79. The van der Waals surface area contributed by atoms with E-state index in [0.29, 0.717) is 0 Å². The highest BCUT2D eigenvalue weighted by Crippen LogP contribution is 2.24. The largest absolute Gasteiger partial charge is 0.480 e. The van der Waals surface area contributed by atoms with E-state index in [-0.39, 0.29) is 5.75 Å². The third-order valence-corrected chi connectivity index (χ3v) is 4.00.